The van der Waals surface area contributed by atoms with E-state index in [4.69, 9.17) is 22.6 Å². The summed E-state index contributed by atoms with van der Waals surface area (Å²) in [4.78, 5) is 26.0. The molecule has 3 aliphatic carbocycles. The van der Waals surface area contributed by atoms with Crippen molar-refractivity contribution in [1.82, 2.24) is 0 Å². The van der Waals surface area contributed by atoms with Crippen molar-refractivity contribution in [3.63, 3.8) is 0 Å². The second-order valence-electron chi connectivity index (χ2n) is 15.0. The minimum Gasteiger partial charge on any atom is -0.691 e. The highest BCUT2D eigenvalue weighted by atomic mass is 32.2. The highest BCUT2D eigenvalue weighted by Gasteiger charge is 2.64. The first-order valence-corrected chi connectivity index (χ1v) is 18.8. The lowest BCUT2D eigenvalue weighted by atomic mass is 9.43. The molecule has 1 spiro atoms. The van der Waals surface area contributed by atoms with Crippen molar-refractivity contribution in [2.24, 2.45) is 40.4 Å². The lowest BCUT2D eigenvalue weighted by Gasteiger charge is -2.62. The van der Waals surface area contributed by atoms with E-state index >= 15 is 0 Å². The van der Waals surface area contributed by atoms with Crippen LogP contribution in [0.5, 0.6) is 0 Å². The first-order chi connectivity index (χ1) is 23.9. The van der Waals surface area contributed by atoms with Crippen molar-refractivity contribution in [2.45, 2.75) is 142 Å². The quantitative estimate of drug-likeness (QED) is 0.0456. The van der Waals surface area contributed by atoms with Gasteiger partial charge in [0.2, 0.25) is 0 Å². The maximum absolute atomic E-state index is 13.1. The van der Waals surface area contributed by atoms with E-state index in [1.165, 1.54) is 0 Å². The standard InChI is InChI=1S/C32H54O16S2/c1-6-7-8-23-31(5)15-19(14-20(29(36)37)21(31)10-12-32(23)11-9-18(4)28(32)35)40-30-27(42-24(34)13-17(2)3)26(44-50-48-46-39)25(22(16-33)41-30)43-49-47-45-38/h17-23,25-28,30,33,35,38-39H,6-16H2,1-5H3,(H,36,37)/p-2/t18?,19?,20?,21?,22-,23?,25+,26-,27?,28-,30-,31?,32?/m0/s1. The fraction of sp³-hybridized carbons (Fsp3) is 0.938. The molecule has 0 radical (unpaired) electrons. The predicted molar refractivity (Wildman–Crippen MR) is 170 cm³/mol. The Morgan fingerprint density at radius 1 is 1.04 bits per heavy atom. The minimum absolute atomic E-state index is 0.00625. The van der Waals surface area contributed by atoms with Gasteiger partial charge in [0.25, 0.3) is 0 Å². The number of carboxylic acid groups (broad SMARTS) is 1. The summed E-state index contributed by atoms with van der Waals surface area (Å²) in [5.41, 5.74) is -0.858. The van der Waals surface area contributed by atoms with Crippen LogP contribution in [0, 0.1) is 40.4 Å². The van der Waals surface area contributed by atoms with Crippen LogP contribution < -0.4 is 10.5 Å². The molecule has 0 amide bonds. The molecule has 4 fully saturated rings. The zero-order chi connectivity index (χ0) is 36.6. The number of carbonyl (C=O) groups excluding carboxylic acids is 1. The number of unbranched alkanes of at least 4 members (excludes halogenated alkanes) is 1. The summed E-state index contributed by atoms with van der Waals surface area (Å²) in [6, 6.07) is 0. The van der Waals surface area contributed by atoms with Crippen LogP contribution >= 0.6 is 24.6 Å². The number of hydrogen-bond donors (Lipinski definition) is 3. The Bertz CT molecular complexity index is 1090. The molecule has 18 heteroatoms. The van der Waals surface area contributed by atoms with Gasteiger partial charge >= 0.3 is 11.9 Å². The van der Waals surface area contributed by atoms with Gasteiger partial charge in [0, 0.05) is 6.42 Å². The summed E-state index contributed by atoms with van der Waals surface area (Å²) in [6.45, 7) is 9.31. The average molecular weight is 757 g/mol. The summed E-state index contributed by atoms with van der Waals surface area (Å²) >= 11 is 0.208. The van der Waals surface area contributed by atoms with E-state index < -0.39 is 72.8 Å². The molecule has 4 aliphatic rings. The zero-order valence-corrected chi connectivity index (χ0v) is 30.8. The SMILES string of the molecule is CCCCC1C2(C)CC(O[C@H]3O[C@@H](CO)[C@@H](OSOO[O-])[C@H](OSOO[O-])C3OC(=O)CC(C)C)CC(C(=O)O)C2CCC12CCC(C)[C@@H]2O. The summed E-state index contributed by atoms with van der Waals surface area (Å²) in [6.07, 6.45) is -1.38. The van der Waals surface area contributed by atoms with Crippen molar-refractivity contribution in [2.75, 3.05) is 6.61 Å². The molecule has 290 valence electrons. The number of aliphatic carboxylic acids is 1. The van der Waals surface area contributed by atoms with E-state index in [9.17, 15) is 35.4 Å². The summed E-state index contributed by atoms with van der Waals surface area (Å²) < 4.78 is 38.3. The van der Waals surface area contributed by atoms with Gasteiger partial charge in [-0.1, -0.05) is 47.5 Å². The van der Waals surface area contributed by atoms with Crippen molar-refractivity contribution in [1.29, 1.82) is 0 Å². The number of rotatable bonds is 18. The molecule has 3 saturated carbocycles. The van der Waals surface area contributed by atoms with E-state index in [0.717, 1.165) is 38.5 Å². The fourth-order valence-corrected chi connectivity index (χ4v) is 10.3. The lowest BCUT2D eigenvalue weighted by Crippen LogP contribution is -2.63. The molecular weight excluding hydrogens is 704 g/mol. The summed E-state index contributed by atoms with van der Waals surface area (Å²) in [5.74, 6) is -2.40. The smallest absolute Gasteiger partial charge is 0.306 e. The average Bonchev–Trinajstić information content (AvgIpc) is 3.34. The predicted octanol–water partition coefficient (Wildman–Crippen LogP) is 2.89. The molecule has 1 saturated heterocycles. The first kappa shape index (κ1) is 41.9. The van der Waals surface area contributed by atoms with Crippen molar-refractivity contribution < 1.29 is 76.7 Å². The molecule has 13 atom stereocenters. The van der Waals surface area contributed by atoms with Crippen LogP contribution in [0.4, 0.5) is 0 Å². The number of hydrogen-bond acceptors (Lipinski definition) is 17. The molecule has 1 aliphatic heterocycles. The molecule has 3 N–H and O–H groups in total. The molecule has 0 aromatic heterocycles. The lowest BCUT2D eigenvalue weighted by molar-refractivity contribution is -0.778. The maximum Gasteiger partial charge on any atom is 0.306 e. The number of aliphatic hydroxyl groups is 2. The number of fused-ring (bicyclic) bond motifs is 1. The van der Waals surface area contributed by atoms with Gasteiger partial charge in [0.1, 0.15) is 18.3 Å². The molecule has 0 aromatic rings. The Morgan fingerprint density at radius 3 is 2.26 bits per heavy atom. The normalized spacial score (nSPS) is 40.2. The highest BCUT2D eigenvalue weighted by Crippen LogP contribution is 2.67. The van der Waals surface area contributed by atoms with Crippen LogP contribution in [0.1, 0.15) is 98.8 Å². The first-order valence-electron chi connectivity index (χ1n) is 17.5. The Morgan fingerprint density at radius 2 is 1.70 bits per heavy atom. The molecule has 4 rings (SSSR count). The van der Waals surface area contributed by atoms with Crippen LogP contribution in [0.2, 0.25) is 0 Å². The van der Waals surface area contributed by atoms with Gasteiger partial charge in [-0.15, -0.1) is 8.67 Å². The summed E-state index contributed by atoms with van der Waals surface area (Å²) in [7, 11) is 0. The van der Waals surface area contributed by atoms with Crippen LogP contribution in [0.25, 0.3) is 0 Å². The van der Waals surface area contributed by atoms with Crippen molar-refractivity contribution >= 4 is 36.6 Å². The van der Waals surface area contributed by atoms with E-state index in [1.54, 1.807) is 0 Å². The van der Waals surface area contributed by atoms with Gasteiger partial charge in [-0.3, -0.25) is 28.0 Å². The Hall–Kier alpha value is -0.840. The van der Waals surface area contributed by atoms with Crippen LogP contribution in [0.15, 0.2) is 0 Å². The van der Waals surface area contributed by atoms with Crippen LogP contribution in [0.3, 0.4) is 0 Å². The summed E-state index contributed by atoms with van der Waals surface area (Å²) in [5, 5.41) is 60.3. The molecule has 50 heavy (non-hydrogen) atoms. The molecule has 1 heterocycles. The second kappa shape index (κ2) is 19.0. The van der Waals surface area contributed by atoms with E-state index in [1.807, 2.05) is 13.8 Å². The van der Waals surface area contributed by atoms with Crippen molar-refractivity contribution in [3.05, 3.63) is 0 Å². The fourth-order valence-electron chi connectivity index (χ4n) is 9.60. The van der Waals surface area contributed by atoms with E-state index in [2.05, 4.69) is 39.5 Å². The number of aliphatic hydroxyl groups excluding tert-OH is 2. The molecule has 0 bridgehead atoms. The van der Waals surface area contributed by atoms with Gasteiger partial charge in [0.15, 0.2) is 37.0 Å². The number of ether oxygens (including phenoxy) is 3. The van der Waals surface area contributed by atoms with Crippen LogP contribution in [-0.4, -0.2) is 76.8 Å². The number of carbonyl (C=O) groups is 2. The third-order valence-electron chi connectivity index (χ3n) is 11.6. The van der Waals surface area contributed by atoms with E-state index in [-0.39, 0.29) is 66.6 Å². The van der Waals surface area contributed by atoms with E-state index in [0.29, 0.717) is 12.8 Å². The molecule has 0 aromatic carbocycles. The monoisotopic (exact) mass is 756 g/mol. The van der Waals surface area contributed by atoms with Crippen molar-refractivity contribution in [3.8, 4) is 0 Å². The highest BCUT2D eigenvalue weighted by molar-refractivity contribution is 7.90. The third kappa shape index (κ3) is 9.26. The number of carboxylic acids is 1. The molecule has 16 nitrogen and oxygen atoms in total. The largest absolute Gasteiger partial charge is 0.691 e. The van der Waals surface area contributed by atoms with Crippen LogP contribution in [-0.2, 0) is 50.9 Å². The van der Waals surface area contributed by atoms with Gasteiger partial charge in [0.05, 0.1) is 24.7 Å². The Kier molecular flexibility index (Phi) is 15.9. The molecule has 8 unspecified atom stereocenters. The zero-order valence-electron chi connectivity index (χ0n) is 29.2. The van der Waals surface area contributed by atoms with Gasteiger partial charge in [-0.2, -0.15) is 0 Å². The number of esters is 1. The molecular formula is C32H52O16S2-2. The second-order valence-corrected chi connectivity index (χ2v) is 15.9. The Balaban J connectivity index is 1.70. The minimum atomic E-state index is -1.41. The third-order valence-corrected chi connectivity index (χ3v) is 12.5. The topological polar surface area (TPSA) is 224 Å². The van der Waals surface area contributed by atoms with Gasteiger partial charge in [-0.05, 0) is 79.4 Å². The Labute approximate surface area is 301 Å². The maximum atomic E-state index is 13.1. The van der Waals surface area contributed by atoms with Gasteiger partial charge < -0.3 is 40.0 Å². The van der Waals surface area contributed by atoms with Gasteiger partial charge in [-0.25, -0.2) is 0 Å².